The molecule has 6 nitrogen and oxygen atoms in total. The van der Waals surface area contributed by atoms with E-state index in [2.05, 4.69) is 9.47 Å². The van der Waals surface area contributed by atoms with E-state index in [1.54, 1.807) is 0 Å². The van der Waals surface area contributed by atoms with Gasteiger partial charge in [-0.05, 0) is 6.07 Å². The van der Waals surface area contributed by atoms with E-state index >= 15 is 0 Å². The van der Waals surface area contributed by atoms with Gasteiger partial charge in [-0.3, -0.25) is 14.4 Å². The lowest BCUT2D eigenvalue weighted by molar-refractivity contribution is -0.164. The van der Waals surface area contributed by atoms with Crippen molar-refractivity contribution in [2.45, 2.75) is 25.2 Å². The molecule has 0 atom stereocenters. The number of amides is 1. The molecule has 1 aromatic carbocycles. The van der Waals surface area contributed by atoms with Crippen LogP contribution in [0.15, 0.2) is 6.07 Å². The van der Waals surface area contributed by atoms with E-state index in [0.717, 1.165) is 0 Å². The Bertz CT molecular complexity index is 768. The monoisotopic (exact) mass is 371 g/mol. The van der Waals surface area contributed by atoms with E-state index in [9.17, 15) is 40.7 Å². The van der Waals surface area contributed by atoms with Crippen molar-refractivity contribution in [1.82, 2.24) is 0 Å². The molecule has 0 spiro atoms. The molecule has 0 bridgehead atoms. The van der Waals surface area contributed by atoms with Crippen molar-refractivity contribution in [2.75, 3.05) is 0 Å². The summed E-state index contributed by atoms with van der Waals surface area (Å²) in [4.78, 5) is 34.1. The highest BCUT2D eigenvalue weighted by Gasteiger charge is 2.50. The maximum atomic E-state index is 13.3. The number of esters is 2. The molecule has 136 valence electrons. The predicted octanol–water partition coefficient (Wildman–Crippen LogP) is 2.43. The summed E-state index contributed by atoms with van der Waals surface area (Å²) >= 11 is 0. The summed E-state index contributed by atoms with van der Waals surface area (Å²) in [7, 11) is 0. The van der Waals surface area contributed by atoms with Crippen LogP contribution in [0, 0.1) is 0 Å². The number of alkyl halides is 6. The van der Waals surface area contributed by atoms with Crippen LogP contribution in [0.1, 0.15) is 34.3 Å². The van der Waals surface area contributed by atoms with Crippen LogP contribution in [-0.4, -0.2) is 17.8 Å². The molecule has 0 aliphatic carbocycles. The molecular weight excluding hydrogens is 364 g/mol. The summed E-state index contributed by atoms with van der Waals surface area (Å²) in [6.45, 7) is 0. The molecule has 1 heterocycles. The number of rotatable bonds is 1. The van der Waals surface area contributed by atoms with Crippen molar-refractivity contribution in [1.29, 1.82) is 0 Å². The van der Waals surface area contributed by atoms with Crippen molar-refractivity contribution in [3.63, 3.8) is 0 Å². The highest BCUT2D eigenvalue weighted by molar-refractivity contribution is 5.97. The van der Waals surface area contributed by atoms with Gasteiger partial charge in [-0.1, -0.05) is 0 Å². The third-order valence-electron chi connectivity index (χ3n) is 3.05. The summed E-state index contributed by atoms with van der Waals surface area (Å²) in [5.74, 6) is -7.22. The van der Waals surface area contributed by atoms with E-state index in [0.29, 0.717) is 0 Å². The number of nitrogens with two attached hydrogens (primary N) is 1. The summed E-state index contributed by atoms with van der Waals surface area (Å²) in [6.07, 6.45) is -12.6. The number of hydrogen-bond acceptors (Lipinski definition) is 5. The molecular formula is C13H7F6NO5. The molecule has 1 aliphatic heterocycles. The lowest BCUT2D eigenvalue weighted by Crippen LogP contribution is -2.27. The van der Waals surface area contributed by atoms with Gasteiger partial charge in [0.1, 0.15) is 5.56 Å². The van der Waals surface area contributed by atoms with Gasteiger partial charge in [0.25, 0.3) is 0 Å². The number of carbonyl (C=O) groups is 3. The second-order valence-electron chi connectivity index (χ2n) is 4.81. The maximum absolute atomic E-state index is 13.3. The zero-order chi connectivity index (χ0) is 19.2. The van der Waals surface area contributed by atoms with E-state index in [1.165, 1.54) is 0 Å². The Morgan fingerprint density at radius 2 is 1.40 bits per heavy atom. The minimum absolute atomic E-state index is 0.187. The van der Waals surface area contributed by atoms with Gasteiger partial charge < -0.3 is 15.2 Å². The molecule has 2 N–H and O–H groups in total. The average Bonchev–Trinajstić information content (AvgIpc) is 2.41. The minimum Gasteiger partial charge on any atom is -0.422 e. The number of halogens is 6. The quantitative estimate of drug-likeness (QED) is 0.465. The van der Waals surface area contributed by atoms with E-state index in [4.69, 9.17) is 5.73 Å². The molecule has 0 radical (unpaired) electrons. The second kappa shape index (κ2) is 5.93. The number of hydrogen-bond donors (Lipinski definition) is 1. The fourth-order valence-electron chi connectivity index (χ4n) is 2.12. The van der Waals surface area contributed by atoms with Crippen molar-refractivity contribution >= 4 is 17.8 Å². The smallest absolute Gasteiger partial charge is 0.420 e. The Labute approximate surface area is 134 Å². The summed E-state index contributed by atoms with van der Waals surface area (Å²) < 4.78 is 88.2. The Morgan fingerprint density at radius 3 is 1.84 bits per heavy atom. The van der Waals surface area contributed by atoms with Crippen LogP contribution >= 0.6 is 0 Å². The first kappa shape index (κ1) is 18.5. The summed E-state index contributed by atoms with van der Waals surface area (Å²) in [5, 5.41) is 0. The number of ether oxygens (including phenoxy) is 2. The van der Waals surface area contributed by atoms with Crippen LogP contribution in [0.4, 0.5) is 26.3 Å². The van der Waals surface area contributed by atoms with Gasteiger partial charge in [0.2, 0.25) is 5.91 Å². The van der Waals surface area contributed by atoms with Gasteiger partial charge >= 0.3 is 24.3 Å². The number of primary amides is 1. The highest BCUT2D eigenvalue weighted by atomic mass is 19.4. The Hall–Kier alpha value is -2.79. The highest BCUT2D eigenvalue weighted by Crippen LogP contribution is 2.50. The van der Waals surface area contributed by atoms with Crippen molar-refractivity contribution in [3.05, 3.63) is 22.8 Å². The van der Waals surface area contributed by atoms with Crippen LogP contribution in [0.3, 0.4) is 0 Å². The normalized spacial score (nSPS) is 15.6. The van der Waals surface area contributed by atoms with Gasteiger partial charge in [-0.25, -0.2) is 0 Å². The molecule has 25 heavy (non-hydrogen) atoms. The van der Waals surface area contributed by atoms with E-state index in [-0.39, 0.29) is 6.07 Å². The lowest BCUT2D eigenvalue weighted by Gasteiger charge is -2.24. The fraction of sp³-hybridized carbons (Fsp3) is 0.308. The summed E-state index contributed by atoms with van der Waals surface area (Å²) in [6, 6.07) is 0.187. The molecule has 1 amide bonds. The van der Waals surface area contributed by atoms with Gasteiger partial charge in [0.05, 0.1) is 24.0 Å². The van der Waals surface area contributed by atoms with Crippen molar-refractivity contribution in [3.8, 4) is 11.5 Å². The molecule has 2 rings (SSSR count). The predicted molar refractivity (Wildman–Crippen MR) is 65.5 cm³/mol. The maximum Gasteiger partial charge on any atom is 0.420 e. The molecule has 0 saturated carbocycles. The summed E-state index contributed by atoms with van der Waals surface area (Å²) in [5.41, 5.74) is -1.76. The molecule has 0 fully saturated rings. The first-order valence-electron chi connectivity index (χ1n) is 6.39. The number of carbonyl (C=O) groups excluding carboxylic acids is 3. The molecule has 0 unspecified atom stereocenters. The van der Waals surface area contributed by atoms with Crippen LogP contribution < -0.4 is 15.2 Å². The Kier molecular flexibility index (Phi) is 4.40. The number of fused-ring (bicyclic) bond motifs is 1. The van der Waals surface area contributed by atoms with E-state index < -0.39 is 71.2 Å². The average molecular weight is 371 g/mol. The fourth-order valence-corrected chi connectivity index (χ4v) is 2.12. The molecule has 0 aromatic heterocycles. The molecule has 1 aromatic rings. The minimum atomic E-state index is -5.70. The Morgan fingerprint density at radius 1 is 0.920 bits per heavy atom. The first-order valence-corrected chi connectivity index (χ1v) is 6.39. The van der Waals surface area contributed by atoms with Crippen molar-refractivity contribution < 1.29 is 50.2 Å². The van der Waals surface area contributed by atoms with E-state index in [1.807, 2.05) is 0 Å². The zero-order valence-electron chi connectivity index (χ0n) is 11.9. The third kappa shape index (κ3) is 3.67. The van der Waals surface area contributed by atoms with Crippen LogP contribution in [0.2, 0.25) is 0 Å². The van der Waals surface area contributed by atoms with Gasteiger partial charge in [-0.2, -0.15) is 26.3 Å². The third-order valence-corrected chi connectivity index (χ3v) is 3.05. The lowest BCUT2D eigenvalue weighted by atomic mass is 9.97. The SMILES string of the molecule is NC(=O)c1cc2c(c(C(F)(F)F)c1C(F)(F)F)OC(=O)CCC(=O)O2. The topological polar surface area (TPSA) is 95.7 Å². The zero-order valence-corrected chi connectivity index (χ0v) is 11.9. The van der Waals surface area contributed by atoms with Gasteiger partial charge in [0, 0.05) is 0 Å². The van der Waals surface area contributed by atoms with Crippen LogP contribution in [-0.2, 0) is 21.9 Å². The number of benzene rings is 1. The largest absolute Gasteiger partial charge is 0.422 e. The second-order valence-corrected chi connectivity index (χ2v) is 4.81. The molecule has 1 aliphatic rings. The standard InChI is InChI=1S/C13H7F6NO5/c14-12(15,16)8-4(11(20)23)3-5-10(9(8)13(17,18)19)25-7(22)2-1-6(21)24-5/h3H,1-2H2,(H2,20,23). The van der Waals surface area contributed by atoms with Gasteiger partial charge in [-0.15, -0.1) is 0 Å². The first-order chi connectivity index (χ1) is 11.3. The van der Waals surface area contributed by atoms with Crippen molar-refractivity contribution in [2.24, 2.45) is 5.73 Å². The molecule has 0 saturated heterocycles. The van der Waals surface area contributed by atoms with Crippen LogP contribution in [0.25, 0.3) is 0 Å². The van der Waals surface area contributed by atoms with Crippen LogP contribution in [0.5, 0.6) is 11.5 Å². The van der Waals surface area contributed by atoms with Gasteiger partial charge in [0.15, 0.2) is 11.5 Å². The Balaban J connectivity index is 2.96. The molecule has 12 heteroatoms.